The molecule has 0 fully saturated rings. The van der Waals surface area contributed by atoms with E-state index in [-0.39, 0.29) is 5.91 Å². The fourth-order valence-corrected chi connectivity index (χ4v) is 2.97. The van der Waals surface area contributed by atoms with Crippen molar-refractivity contribution in [2.24, 2.45) is 0 Å². The van der Waals surface area contributed by atoms with Crippen LogP contribution in [0.1, 0.15) is 18.4 Å². The highest BCUT2D eigenvalue weighted by Crippen LogP contribution is 2.28. The van der Waals surface area contributed by atoms with Gasteiger partial charge in [-0.15, -0.1) is 6.58 Å². The van der Waals surface area contributed by atoms with Gasteiger partial charge < -0.3 is 5.32 Å². The van der Waals surface area contributed by atoms with Crippen LogP contribution in [0.4, 0.5) is 0 Å². The molecule has 2 aromatic carbocycles. The summed E-state index contributed by atoms with van der Waals surface area (Å²) >= 11 is 0. The van der Waals surface area contributed by atoms with Gasteiger partial charge in [-0.3, -0.25) is 9.36 Å². The molecule has 136 valence electrons. The molecule has 0 radical (unpaired) electrons. The first kappa shape index (κ1) is 18.4. The predicted octanol–water partition coefficient (Wildman–Crippen LogP) is 4.46. The second kappa shape index (κ2) is 8.32. The lowest BCUT2D eigenvalue weighted by molar-refractivity contribution is -0.117. The van der Waals surface area contributed by atoms with Crippen LogP contribution in [-0.4, -0.2) is 15.5 Å². The van der Waals surface area contributed by atoms with Gasteiger partial charge in [0.15, 0.2) is 0 Å². The van der Waals surface area contributed by atoms with Gasteiger partial charge in [-0.05, 0) is 19.1 Å². The molecule has 0 saturated heterocycles. The molecule has 0 unspecified atom stereocenters. The molecule has 0 bridgehead atoms. The Balaban J connectivity index is 2.14. The van der Waals surface area contributed by atoms with Crippen molar-refractivity contribution in [1.29, 1.82) is 0 Å². The van der Waals surface area contributed by atoms with Crippen molar-refractivity contribution in [2.75, 3.05) is 0 Å². The van der Waals surface area contributed by atoms with E-state index in [4.69, 9.17) is 4.98 Å². The van der Waals surface area contributed by atoms with Crippen molar-refractivity contribution in [3.8, 4) is 16.9 Å². The largest absolute Gasteiger partial charge is 0.345 e. The lowest BCUT2D eigenvalue weighted by atomic mass is 10.1. The van der Waals surface area contributed by atoms with E-state index in [2.05, 4.69) is 23.0 Å². The van der Waals surface area contributed by atoms with E-state index in [1.165, 1.54) is 0 Å². The Morgan fingerprint density at radius 2 is 1.74 bits per heavy atom. The molecule has 0 aliphatic heterocycles. The lowest BCUT2D eigenvalue weighted by Crippen LogP contribution is -2.25. The summed E-state index contributed by atoms with van der Waals surface area (Å²) in [5.74, 6) is 0.593. The van der Waals surface area contributed by atoms with Crippen molar-refractivity contribution < 1.29 is 4.79 Å². The summed E-state index contributed by atoms with van der Waals surface area (Å²) in [6.07, 6.45) is 2.54. The van der Waals surface area contributed by atoms with E-state index < -0.39 is 0 Å². The van der Waals surface area contributed by atoms with Crippen LogP contribution >= 0.6 is 0 Å². The van der Waals surface area contributed by atoms with Crippen molar-refractivity contribution in [1.82, 2.24) is 14.9 Å². The van der Waals surface area contributed by atoms with Gasteiger partial charge in [0.25, 0.3) is 0 Å². The molecule has 27 heavy (non-hydrogen) atoms. The minimum atomic E-state index is -0.177. The molecule has 3 rings (SSSR count). The Kier molecular flexibility index (Phi) is 5.67. The molecular weight excluding hydrogens is 334 g/mol. The van der Waals surface area contributed by atoms with Gasteiger partial charge in [0.05, 0.1) is 17.9 Å². The third-order valence-electron chi connectivity index (χ3n) is 4.24. The predicted molar refractivity (Wildman–Crippen MR) is 110 cm³/mol. The maximum atomic E-state index is 12.0. The van der Waals surface area contributed by atoms with Crippen LogP contribution in [0.2, 0.25) is 0 Å². The van der Waals surface area contributed by atoms with E-state index >= 15 is 0 Å². The molecule has 1 N–H and O–H groups in total. The minimum absolute atomic E-state index is 0.177. The number of aromatic nitrogens is 2. The van der Waals surface area contributed by atoms with Gasteiger partial charge in [0.1, 0.15) is 5.82 Å². The van der Waals surface area contributed by atoms with Crippen LogP contribution in [-0.2, 0) is 17.8 Å². The average Bonchev–Trinajstić information content (AvgIpc) is 3.06. The van der Waals surface area contributed by atoms with Gasteiger partial charge in [-0.25, -0.2) is 4.98 Å². The molecule has 1 aromatic heterocycles. The summed E-state index contributed by atoms with van der Waals surface area (Å²) in [5.41, 5.74) is 4.46. The summed E-state index contributed by atoms with van der Waals surface area (Å²) in [7, 11) is 0. The normalized spacial score (nSPS) is 10.4. The van der Waals surface area contributed by atoms with Crippen LogP contribution in [0.5, 0.6) is 0 Å². The molecule has 4 nitrogen and oxygen atoms in total. The van der Waals surface area contributed by atoms with E-state index in [1.54, 1.807) is 6.92 Å². The first-order valence-electron chi connectivity index (χ1n) is 8.87. The van der Waals surface area contributed by atoms with Gasteiger partial charge in [0.2, 0.25) is 5.91 Å². The SMILES string of the molecule is C=CCc1c(-c2ccccc2)nc(CNC(=O)C(=C)C)n1-c1ccccc1. The fourth-order valence-electron chi connectivity index (χ4n) is 2.97. The third-order valence-corrected chi connectivity index (χ3v) is 4.24. The first-order chi connectivity index (χ1) is 13.1. The highest BCUT2D eigenvalue weighted by atomic mass is 16.1. The molecule has 0 aliphatic carbocycles. The second-order valence-electron chi connectivity index (χ2n) is 6.32. The standard InChI is InChI=1S/C23H23N3O/c1-4-11-20-22(18-12-7-5-8-13-18)25-21(16-24-23(27)17(2)3)26(20)19-14-9-6-10-15-19/h4-10,12-15H,1-2,11,16H2,3H3,(H,24,27). The number of para-hydroxylation sites is 1. The molecule has 3 aromatic rings. The Morgan fingerprint density at radius 3 is 2.33 bits per heavy atom. The molecular formula is C23H23N3O. The van der Waals surface area contributed by atoms with Gasteiger partial charge in [-0.2, -0.15) is 0 Å². The van der Waals surface area contributed by atoms with Crippen LogP contribution in [0.15, 0.2) is 85.5 Å². The number of nitrogens with one attached hydrogen (secondary N) is 1. The van der Waals surface area contributed by atoms with Crippen molar-refractivity contribution >= 4 is 5.91 Å². The number of rotatable bonds is 7. The minimum Gasteiger partial charge on any atom is -0.345 e. The molecule has 0 spiro atoms. The highest BCUT2D eigenvalue weighted by Gasteiger charge is 2.19. The number of carbonyl (C=O) groups is 1. The van der Waals surface area contributed by atoms with E-state index in [0.29, 0.717) is 18.5 Å². The van der Waals surface area contributed by atoms with E-state index in [0.717, 1.165) is 28.5 Å². The summed E-state index contributed by atoms with van der Waals surface area (Å²) in [5, 5.41) is 2.90. The Hall–Kier alpha value is -3.40. The smallest absolute Gasteiger partial charge is 0.246 e. The van der Waals surface area contributed by atoms with E-state index in [9.17, 15) is 4.79 Å². The van der Waals surface area contributed by atoms with Gasteiger partial charge >= 0.3 is 0 Å². The van der Waals surface area contributed by atoms with E-state index in [1.807, 2.05) is 66.7 Å². The van der Waals surface area contributed by atoms with Crippen LogP contribution in [0, 0.1) is 0 Å². The number of carbonyl (C=O) groups excluding carboxylic acids is 1. The number of hydrogen-bond donors (Lipinski definition) is 1. The van der Waals surface area contributed by atoms with Crippen LogP contribution < -0.4 is 5.32 Å². The molecule has 1 amide bonds. The summed E-state index contributed by atoms with van der Waals surface area (Å²) in [4.78, 5) is 16.9. The zero-order valence-electron chi connectivity index (χ0n) is 15.5. The lowest BCUT2D eigenvalue weighted by Gasteiger charge is -2.12. The topological polar surface area (TPSA) is 46.9 Å². The fraction of sp³-hybridized carbons (Fsp3) is 0.130. The highest BCUT2D eigenvalue weighted by molar-refractivity contribution is 5.92. The third kappa shape index (κ3) is 4.06. The zero-order chi connectivity index (χ0) is 19.2. The summed E-state index contributed by atoms with van der Waals surface area (Å²) in [6.45, 7) is 9.61. The van der Waals surface area contributed by atoms with Crippen molar-refractivity contribution in [2.45, 2.75) is 19.9 Å². The molecule has 0 atom stereocenters. The maximum absolute atomic E-state index is 12.0. The van der Waals surface area contributed by atoms with Crippen molar-refractivity contribution in [3.05, 3.63) is 97.0 Å². The zero-order valence-corrected chi connectivity index (χ0v) is 15.5. The van der Waals surface area contributed by atoms with Gasteiger partial charge in [0, 0.05) is 23.2 Å². The van der Waals surface area contributed by atoms with Gasteiger partial charge in [-0.1, -0.05) is 61.2 Å². The summed E-state index contributed by atoms with van der Waals surface area (Å²) in [6, 6.07) is 20.1. The summed E-state index contributed by atoms with van der Waals surface area (Å²) < 4.78 is 2.10. The number of imidazole rings is 1. The monoisotopic (exact) mass is 357 g/mol. The first-order valence-corrected chi connectivity index (χ1v) is 8.87. The number of nitrogens with zero attached hydrogens (tertiary/aromatic N) is 2. The maximum Gasteiger partial charge on any atom is 0.246 e. The second-order valence-corrected chi connectivity index (χ2v) is 6.32. The number of benzene rings is 2. The van der Waals surface area contributed by atoms with Crippen molar-refractivity contribution in [3.63, 3.8) is 0 Å². The van der Waals surface area contributed by atoms with Crippen LogP contribution in [0.25, 0.3) is 16.9 Å². The Morgan fingerprint density at radius 1 is 1.11 bits per heavy atom. The number of hydrogen-bond acceptors (Lipinski definition) is 2. The number of allylic oxidation sites excluding steroid dienone is 1. The molecule has 1 heterocycles. The Labute approximate surface area is 159 Å². The molecule has 4 heteroatoms. The average molecular weight is 357 g/mol. The number of amides is 1. The van der Waals surface area contributed by atoms with Crippen LogP contribution in [0.3, 0.4) is 0 Å². The molecule has 0 aliphatic rings. The molecule has 0 saturated carbocycles. The Bertz CT molecular complexity index is 956. The quantitative estimate of drug-likeness (QED) is 0.501.